The van der Waals surface area contributed by atoms with Gasteiger partial charge in [-0.15, -0.1) is 24.8 Å². The van der Waals surface area contributed by atoms with Gasteiger partial charge < -0.3 is 29.6 Å². The van der Waals surface area contributed by atoms with Gasteiger partial charge in [0, 0.05) is 38.8 Å². The first kappa shape index (κ1) is 31.6. The van der Waals surface area contributed by atoms with E-state index in [2.05, 4.69) is 18.7 Å². The van der Waals surface area contributed by atoms with Crippen molar-refractivity contribution in [3.63, 3.8) is 0 Å². The molecule has 36 heavy (non-hydrogen) atoms. The Morgan fingerprint density at radius 2 is 1.50 bits per heavy atom. The smallest absolute Gasteiger partial charge is 0.258 e. The van der Waals surface area contributed by atoms with Crippen LogP contribution in [0.3, 0.4) is 0 Å². The predicted molar refractivity (Wildman–Crippen MR) is 147 cm³/mol. The van der Waals surface area contributed by atoms with Gasteiger partial charge in [0.05, 0.1) is 26.9 Å². The van der Waals surface area contributed by atoms with Crippen LogP contribution in [-0.4, -0.2) is 76.3 Å². The Kier molecular flexibility index (Phi) is 13.2. The zero-order valence-electron chi connectivity index (χ0n) is 21.7. The Labute approximate surface area is 226 Å². The Bertz CT molecular complexity index is 965. The molecule has 0 saturated carbocycles. The molecule has 1 aliphatic rings. The molecule has 0 bridgehead atoms. The standard InChI is InChI=1S/C26H37N3O5.2ClH/c1-18(2)17-28-12-14-29(15-13-28)26(30)21-16-22(24(32-4)25(33-5)23(21)31-3)34-20-8-6-19(7-9-20)10-11-27;;/h6-9,16,18H,10-15,17,27H2,1-5H3;2*1H. The summed E-state index contributed by atoms with van der Waals surface area (Å²) >= 11 is 0. The summed E-state index contributed by atoms with van der Waals surface area (Å²) in [5.41, 5.74) is 7.15. The lowest BCUT2D eigenvalue weighted by Crippen LogP contribution is -2.49. The zero-order chi connectivity index (χ0) is 24.7. The highest BCUT2D eigenvalue weighted by Gasteiger charge is 2.30. The van der Waals surface area contributed by atoms with Gasteiger partial charge in [0.1, 0.15) is 5.75 Å². The summed E-state index contributed by atoms with van der Waals surface area (Å²) in [6, 6.07) is 9.36. The molecule has 10 heteroatoms. The first-order valence-corrected chi connectivity index (χ1v) is 11.7. The van der Waals surface area contributed by atoms with Crippen LogP contribution in [0.1, 0.15) is 29.8 Å². The third kappa shape index (κ3) is 7.56. The topological polar surface area (TPSA) is 86.5 Å². The number of piperazine rings is 1. The molecule has 0 spiro atoms. The Morgan fingerprint density at radius 3 is 2.00 bits per heavy atom. The zero-order valence-corrected chi connectivity index (χ0v) is 23.4. The molecule has 1 heterocycles. The van der Waals surface area contributed by atoms with E-state index in [1.165, 1.54) is 21.3 Å². The molecule has 1 saturated heterocycles. The number of ether oxygens (including phenoxy) is 4. The van der Waals surface area contributed by atoms with Crippen LogP contribution in [0, 0.1) is 5.92 Å². The van der Waals surface area contributed by atoms with Gasteiger partial charge in [-0.1, -0.05) is 26.0 Å². The highest BCUT2D eigenvalue weighted by Crippen LogP contribution is 2.48. The van der Waals surface area contributed by atoms with E-state index in [1.54, 1.807) is 6.07 Å². The van der Waals surface area contributed by atoms with Crippen LogP contribution in [0.25, 0.3) is 0 Å². The van der Waals surface area contributed by atoms with E-state index in [0.717, 1.165) is 31.6 Å². The van der Waals surface area contributed by atoms with Crippen LogP contribution in [0.15, 0.2) is 30.3 Å². The number of halogens is 2. The maximum absolute atomic E-state index is 13.6. The van der Waals surface area contributed by atoms with Crippen LogP contribution < -0.4 is 24.7 Å². The van der Waals surface area contributed by atoms with E-state index in [-0.39, 0.29) is 30.7 Å². The van der Waals surface area contributed by atoms with Gasteiger partial charge in [-0.05, 0) is 36.6 Å². The average Bonchev–Trinajstić information content (AvgIpc) is 2.84. The summed E-state index contributed by atoms with van der Waals surface area (Å²) in [7, 11) is 4.57. The fourth-order valence-electron chi connectivity index (χ4n) is 4.25. The number of nitrogens with zero attached hydrogens (tertiary/aromatic N) is 2. The second kappa shape index (κ2) is 15.0. The number of carbonyl (C=O) groups is 1. The number of hydrogen-bond acceptors (Lipinski definition) is 7. The molecule has 3 rings (SSSR count). The lowest BCUT2D eigenvalue weighted by molar-refractivity contribution is 0.0619. The summed E-state index contributed by atoms with van der Waals surface area (Å²) in [5.74, 6) is 2.50. The first-order chi connectivity index (χ1) is 16.4. The molecule has 1 aliphatic heterocycles. The highest BCUT2D eigenvalue weighted by atomic mass is 35.5. The fourth-order valence-corrected chi connectivity index (χ4v) is 4.25. The quantitative estimate of drug-likeness (QED) is 0.478. The number of nitrogens with two attached hydrogens (primary N) is 1. The van der Waals surface area contributed by atoms with Gasteiger partial charge in [-0.3, -0.25) is 9.69 Å². The normalized spacial score (nSPS) is 13.5. The number of amides is 1. The third-order valence-electron chi connectivity index (χ3n) is 5.87. The summed E-state index contributed by atoms with van der Waals surface area (Å²) in [6.45, 7) is 9.03. The molecular weight excluding hydrogens is 505 g/mol. The van der Waals surface area contributed by atoms with Crippen molar-refractivity contribution in [2.24, 2.45) is 11.7 Å². The average molecular weight is 545 g/mol. The number of benzene rings is 2. The molecule has 2 aromatic rings. The molecule has 202 valence electrons. The second-order valence-corrected chi connectivity index (χ2v) is 8.79. The van der Waals surface area contributed by atoms with Crippen molar-refractivity contribution in [1.29, 1.82) is 0 Å². The molecule has 2 N–H and O–H groups in total. The van der Waals surface area contributed by atoms with E-state index in [0.29, 0.717) is 59.9 Å². The molecule has 8 nitrogen and oxygen atoms in total. The van der Waals surface area contributed by atoms with E-state index < -0.39 is 0 Å². The summed E-state index contributed by atoms with van der Waals surface area (Å²) in [6.07, 6.45) is 0.795. The number of methoxy groups -OCH3 is 3. The SMILES string of the molecule is COc1c(Oc2ccc(CCN)cc2)cc(C(=O)N2CCN(CC(C)C)CC2)c(OC)c1OC.Cl.Cl. The lowest BCUT2D eigenvalue weighted by Gasteiger charge is -2.35. The molecule has 0 aromatic heterocycles. The molecule has 1 amide bonds. The van der Waals surface area contributed by atoms with Crippen molar-refractivity contribution in [3.05, 3.63) is 41.5 Å². The minimum Gasteiger partial charge on any atom is -0.492 e. The fraction of sp³-hybridized carbons (Fsp3) is 0.500. The molecule has 0 radical (unpaired) electrons. The summed E-state index contributed by atoms with van der Waals surface area (Å²) in [4.78, 5) is 17.8. The van der Waals surface area contributed by atoms with E-state index in [9.17, 15) is 4.79 Å². The molecule has 1 fully saturated rings. The first-order valence-electron chi connectivity index (χ1n) is 11.7. The van der Waals surface area contributed by atoms with Crippen molar-refractivity contribution in [2.45, 2.75) is 20.3 Å². The van der Waals surface area contributed by atoms with Gasteiger partial charge in [-0.25, -0.2) is 0 Å². The van der Waals surface area contributed by atoms with Crippen LogP contribution in [-0.2, 0) is 6.42 Å². The van der Waals surface area contributed by atoms with Crippen molar-refractivity contribution in [2.75, 3.05) is 60.6 Å². The molecule has 0 unspecified atom stereocenters. The molecular formula is C26H39Cl2N3O5. The minimum absolute atomic E-state index is 0. The van der Waals surface area contributed by atoms with Crippen molar-refractivity contribution < 1.29 is 23.7 Å². The number of hydrogen-bond donors (Lipinski definition) is 1. The summed E-state index contributed by atoms with van der Waals surface area (Å²) in [5, 5.41) is 0. The van der Waals surface area contributed by atoms with Crippen LogP contribution in [0.4, 0.5) is 0 Å². The van der Waals surface area contributed by atoms with Crippen LogP contribution >= 0.6 is 24.8 Å². The van der Waals surface area contributed by atoms with E-state index in [1.807, 2.05) is 29.2 Å². The van der Waals surface area contributed by atoms with Crippen molar-refractivity contribution in [3.8, 4) is 28.7 Å². The lowest BCUT2D eigenvalue weighted by atomic mass is 10.1. The molecule has 0 atom stereocenters. The van der Waals surface area contributed by atoms with Crippen LogP contribution in [0.2, 0.25) is 0 Å². The maximum Gasteiger partial charge on any atom is 0.258 e. The van der Waals surface area contributed by atoms with Crippen molar-refractivity contribution >= 4 is 30.7 Å². The number of carbonyl (C=O) groups excluding carboxylic acids is 1. The minimum atomic E-state index is -0.120. The largest absolute Gasteiger partial charge is 0.492 e. The van der Waals surface area contributed by atoms with Gasteiger partial charge >= 0.3 is 0 Å². The van der Waals surface area contributed by atoms with Gasteiger partial charge in [0.15, 0.2) is 11.5 Å². The van der Waals surface area contributed by atoms with E-state index >= 15 is 0 Å². The monoisotopic (exact) mass is 543 g/mol. The van der Waals surface area contributed by atoms with E-state index in [4.69, 9.17) is 24.7 Å². The molecule has 2 aromatic carbocycles. The van der Waals surface area contributed by atoms with Crippen LogP contribution in [0.5, 0.6) is 28.7 Å². The third-order valence-corrected chi connectivity index (χ3v) is 5.87. The Hall–Kier alpha value is -2.39. The Balaban J connectivity index is 0.00000324. The molecule has 0 aliphatic carbocycles. The number of rotatable bonds is 10. The predicted octanol–water partition coefficient (Wildman–Crippen LogP) is 4.26. The summed E-state index contributed by atoms with van der Waals surface area (Å²) < 4.78 is 23.0. The van der Waals surface area contributed by atoms with Gasteiger partial charge in [0.2, 0.25) is 11.5 Å². The van der Waals surface area contributed by atoms with Gasteiger partial charge in [0.25, 0.3) is 5.91 Å². The Morgan fingerprint density at radius 1 is 0.917 bits per heavy atom. The van der Waals surface area contributed by atoms with Gasteiger partial charge in [-0.2, -0.15) is 0 Å². The second-order valence-electron chi connectivity index (χ2n) is 8.79. The maximum atomic E-state index is 13.6. The van der Waals surface area contributed by atoms with Crippen molar-refractivity contribution in [1.82, 2.24) is 9.80 Å². The highest BCUT2D eigenvalue weighted by molar-refractivity contribution is 5.99.